The number of carbonyl (C=O) groups excluding carboxylic acids is 2. The number of rotatable bonds is 7. The van der Waals surface area contributed by atoms with Crippen LogP contribution in [0.4, 0.5) is 15.8 Å². The van der Waals surface area contributed by atoms with Gasteiger partial charge in [-0.3, -0.25) is 9.59 Å². The molecule has 1 aliphatic rings. The number of sulfonamides is 1. The minimum absolute atomic E-state index is 0.00166. The Hall–Kier alpha value is -2.78. The zero-order valence-corrected chi connectivity index (χ0v) is 16.8. The maximum atomic E-state index is 13.1. The van der Waals surface area contributed by atoms with E-state index in [4.69, 9.17) is 0 Å². The van der Waals surface area contributed by atoms with Crippen LogP contribution >= 0.6 is 0 Å². The van der Waals surface area contributed by atoms with Crippen molar-refractivity contribution in [2.24, 2.45) is 0 Å². The highest BCUT2D eigenvalue weighted by atomic mass is 32.2. The molecule has 0 atom stereocenters. The molecule has 2 aromatic carbocycles. The molecule has 0 saturated carbocycles. The van der Waals surface area contributed by atoms with Crippen molar-refractivity contribution in [3.05, 3.63) is 53.8 Å². The molecule has 0 unspecified atom stereocenters. The van der Waals surface area contributed by atoms with E-state index in [1.165, 1.54) is 24.3 Å². The molecule has 2 N–H and O–H groups in total. The smallest absolute Gasteiger partial charge is 0.240 e. The summed E-state index contributed by atoms with van der Waals surface area (Å²) in [5.74, 6) is -0.901. The van der Waals surface area contributed by atoms with E-state index in [2.05, 4.69) is 10.0 Å². The Bertz CT molecular complexity index is 1040. The van der Waals surface area contributed by atoms with Gasteiger partial charge in [0, 0.05) is 37.3 Å². The van der Waals surface area contributed by atoms with E-state index >= 15 is 0 Å². The summed E-state index contributed by atoms with van der Waals surface area (Å²) in [4.78, 5) is 25.6. The maximum Gasteiger partial charge on any atom is 0.240 e. The number of benzene rings is 2. The van der Waals surface area contributed by atoms with Crippen LogP contribution < -0.4 is 14.9 Å². The number of carbonyl (C=O) groups is 2. The lowest BCUT2D eigenvalue weighted by molar-refractivity contribution is -0.118. The molecule has 2 amide bonds. The molecular weight excluding hydrogens is 397 g/mol. The van der Waals surface area contributed by atoms with Gasteiger partial charge in [0.25, 0.3) is 0 Å². The average Bonchev–Trinajstić information content (AvgIpc) is 3.10. The largest absolute Gasteiger partial charge is 0.326 e. The topological polar surface area (TPSA) is 95.6 Å². The van der Waals surface area contributed by atoms with Crippen LogP contribution in [0, 0.1) is 5.82 Å². The van der Waals surface area contributed by atoms with Crippen molar-refractivity contribution < 1.29 is 22.4 Å². The lowest BCUT2D eigenvalue weighted by Crippen LogP contribution is -2.28. The standard InChI is InChI=1S/C20H22FN3O4S/c1-2-20(26)24-11-9-14-12-17(6-7-18(14)24)29(27,28)22-10-8-19(25)23-16-5-3-4-15(21)13-16/h3-7,12-13,22H,2,8-11H2,1H3,(H,23,25). The van der Waals surface area contributed by atoms with Crippen LogP contribution in [-0.2, 0) is 26.0 Å². The summed E-state index contributed by atoms with van der Waals surface area (Å²) in [6.07, 6.45) is 0.888. The molecule has 0 bridgehead atoms. The Kier molecular flexibility index (Phi) is 6.29. The number of nitrogens with one attached hydrogen (secondary N) is 2. The molecule has 7 nitrogen and oxygen atoms in total. The molecule has 0 saturated heterocycles. The summed E-state index contributed by atoms with van der Waals surface area (Å²) in [6, 6.07) is 10.1. The molecule has 0 radical (unpaired) electrons. The predicted molar refractivity (Wildman–Crippen MR) is 108 cm³/mol. The van der Waals surface area contributed by atoms with Gasteiger partial charge in [0.1, 0.15) is 5.82 Å². The van der Waals surface area contributed by atoms with Crippen molar-refractivity contribution in [2.75, 3.05) is 23.3 Å². The maximum absolute atomic E-state index is 13.1. The Labute approximate surface area is 169 Å². The first-order valence-corrected chi connectivity index (χ1v) is 10.8. The summed E-state index contributed by atoms with van der Waals surface area (Å²) in [6.45, 7) is 2.23. The van der Waals surface area contributed by atoms with E-state index in [1.54, 1.807) is 30.0 Å². The molecular formula is C20H22FN3O4S. The van der Waals surface area contributed by atoms with Crippen molar-refractivity contribution in [1.82, 2.24) is 4.72 Å². The highest BCUT2D eigenvalue weighted by Gasteiger charge is 2.25. The van der Waals surface area contributed by atoms with E-state index < -0.39 is 21.7 Å². The number of amides is 2. The van der Waals surface area contributed by atoms with Crippen LogP contribution in [0.5, 0.6) is 0 Å². The molecule has 9 heteroatoms. The minimum atomic E-state index is -3.79. The monoisotopic (exact) mass is 419 g/mol. The lowest BCUT2D eigenvalue weighted by atomic mass is 10.2. The number of hydrogen-bond donors (Lipinski definition) is 2. The average molecular weight is 419 g/mol. The third-order valence-electron chi connectivity index (χ3n) is 4.61. The van der Waals surface area contributed by atoms with Crippen molar-refractivity contribution in [2.45, 2.75) is 31.1 Å². The summed E-state index contributed by atoms with van der Waals surface area (Å²) < 4.78 is 40.6. The van der Waals surface area contributed by atoms with Crippen molar-refractivity contribution in [1.29, 1.82) is 0 Å². The van der Waals surface area contributed by atoms with Crippen LogP contribution in [0.1, 0.15) is 25.3 Å². The third-order valence-corrected chi connectivity index (χ3v) is 6.07. The second-order valence-corrected chi connectivity index (χ2v) is 8.41. The van der Waals surface area contributed by atoms with Crippen LogP contribution in [0.3, 0.4) is 0 Å². The van der Waals surface area contributed by atoms with Gasteiger partial charge in [0.05, 0.1) is 4.90 Å². The Morgan fingerprint density at radius 1 is 1.17 bits per heavy atom. The zero-order chi connectivity index (χ0) is 21.0. The van der Waals surface area contributed by atoms with Gasteiger partial charge in [-0.2, -0.15) is 0 Å². The van der Waals surface area contributed by atoms with Crippen LogP contribution in [0.25, 0.3) is 0 Å². The van der Waals surface area contributed by atoms with Gasteiger partial charge in [-0.1, -0.05) is 13.0 Å². The highest BCUT2D eigenvalue weighted by Crippen LogP contribution is 2.30. The first kappa shape index (κ1) is 20.9. The summed E-state index contributed by atoms with van der Waals surface area (Å²) in [5.41, 5.74) is 1.85. The molecule has 0 aromatic heterocycles. The summed E-state index contributed by atoms with van der Waals surface area (Å²) in [7, 11) is -3.79. The lowest BCUT2D eigenvalue weighted by Gasteiger charge is -2.16. The van der Waals surface area contributed by atoms with Gasteiger partial charge in [-0.05, 0) is 48.4 Å². The van der Waals surface area contributed by atoms with Gasteiger partial charge in [0.2, 0.25) is 21.8 Å². The SMILES string of the molecule is CCC(=O)N1CCc2cc(S(=O)(=O)NCCC(=O)Nc3cccc(F)c3)ccc21. The molecule has 0 fully saturated rings. The second kappa shape index (κ2) is 8.71. The fourth-order valence-corrected chi connectivity index (χ4v) is 4.25. The van der Waals surface area contributed by atoms with Gasteiger partial charge >= 0.3 is 0 Å². The number of anilines is 2. The van der Waals surface area contributed by atoms with Crippen molar-refractivity contribution in [3.63, 3.8) is 0 Å². The van der Waals surface area contributed by atoms with Crippen LogP contribution in [-0.4, -0.2) is 33.3 Å². The molecule has 1 aliphatic heterocycles. The number of hydrogen-bond acceptors (Lipinski definition) is 4. The Balaban J connectivity index is 1.59. The van der Waals surface area contributed by atoms with Crippen LogP contribution in [0.2, 0.25) is 0 Å². The van der Waals surface area contributed by atoms with E-state index in [0.29, 0.717) is 25.1 Å². The molecule has 0 spiro atoms. The fourth-order valence-electron chi connectivity index (χ4n) is 3.17. The van der Waals surface area contributed by atoms with E-state index in [1.807, 2.05) is 0 Å². The van der Waals surface area contributed by atoms with Crippen LogP contribution in [0.15, 0.2) is 47.4 Å². The van der Waals surface area contributed by atoms with E-state index in [0.717, 1.165) is 11.3 Å². The van der Waals surface area contributed by atoms with Gasteiger partial charge in [-0.15, -0.1) is 0 Å². The Morgan fingerprint density at radius 3 is 2.69 bits per heavy atom. The molecule has 1 heterocycles. The number of fused-ring (bicyclic) bond motifs is 1. The van der Waals surface area contributed by atoms with Gasteiger partial charge in [-0.25, -0.2) is 17.5 Å². The van der Waals surface area contributed by atoms with E-state index in [-0.39, 0.29) is 23.8 Å². The highest BCUT2D eigenvalue weighted by molar-refractivity contribution is 7.89. The normalized spacial score (nSPS) is 13.2. The first-order valence-electron chi connectivity index (χ1n) is 9.28. The van der Waals surface area contributed by atoms with Gasteiger partial charge < -0.3 is 10.2 Å². The number of nitrogens with zero attached hydrogens (tertiary/aromatic N) is 1. The van der Waals surface area contributed by atoms with E-state index in [9.17, 15) is 22.4 Å². The molecule has 0 aliphatic carbocycles. The molecule has 2 aromatic rings. The number of halogens is 1. The predicted octanol–water partition coefficient (Wildman–Crippen LogP) is 2.43. The summed E-state index contributed by atoms with van der Waals surface area (Å²) >= 11 is 0. The van der Waals surface area contributed by atoms with Crippen molar-refractivity contribution >= 4 is 33.2 Å². The molecule has 3 rings (SSSR count). The quantitative estimate of drug-likeness (QED) is 0.721. The molecule has 29 heavy (non-hydrogen) atoms. The summed E-state index contributed by atoms with van der Waals surface area (Å²) in [5, 5.41) is 2.51. The second-order valence-electron chi connectivity index (χ2n) is 6.65. The fraction of sp³-hybridized carbons (Fsp3) is 0.300. The Morgan fingerprint density at radius 2 is 1.97 bits per heavy atom. The first-order chi connectivity index (χ1) is 13.8. The molecule has 154 valence electrons. The van der Waals surface area contributed by atoms with Gasteiger partial charge in [0.15, 0.2) is 0 Å². The van der Waals surface area contributed by atoms with Crippen molar-refractivity contribution in [3.8, 4) is 0 Å². The third kappa shape index (κ3) is 4.99. The minimum Gasteiger partial charge on any atom is -0.326 e. The zero-order valence-electron chi connectivity index (χ0n) is 15.9.